The Hall–Kier alpha value is -2.99. The van der Waals surface area contributed by atoms with Crippen molar-refractivity contribution in [2.24, 2.45) is 11.8 Å². The molecule has 2 aliphatic rings. The van der Waals surface area contributed by atoms with Crippen LogP contribution in [0.25, 0.3) is 0 Å². The van der Waals surface area contributed by atoms with Gasteiger partial charge in [0, 0.05) is 24.6 Å². The molecule has 3 N–H and O–H groups in total. The SMILES string of the molecule is CC(Oc1nc(N2C[C@@H](C)CC2(C)C)c(C(=O)NS(=O)(=O)c2cccc(N)n2)cc1F)C1CCCOC1. The van der Waals surface area contributed by atoms with Crippen LogP contribution in [0.5, 0.6) is 5.88 Å². The number of aromatic nitrogens is 2. The summed E-state index contributed by atoms with van der Waals surface area (Å²) in [6, 6.07) is 5.03. The number of nitrogens with one attached hydrogen (secondary N) is 1. The first-order valence-electron chi connectivity index (χ1n) is 12.4. The molecule has 2 fully saturated rings. The number of hydrogen-bond acceptors (Lipinski definition) is 9. The van der Waals surface area contributed by atoms with Gasteiger partial charge in [-0.25, -0.2) is 14.1 Å². The van der Waals surface area contributed by atoms with E-state index in [0.717, 1.165) is 25.3 Å². The monoisotopic (exact) mass is 535 g/mol. The lowest BCUT2D eigenvalue weighted by Crippen LogP contribution is -2.41. The Morgan fingerprint density at radius 2 is 2.11 bits per heavy atom. The van der Waals surface area contributed by atoms with Crippen molar-refractivity contribution < 1.29 is 27.1 Å². The highest BCUT2D eigenvalue weighted by Crippen LogP contribution is 2.39. The van der Waals surface area contributed by atoms with Gasteiger partial charge in [0.1, 0.15) is 17.7 Å². The number of carbonyl (C=O) groups excluding carboxylic acids is 1. The summed E-state index contributed by atoms with van der Waals surface area (Å²) in [4.78, 5) is 23.4. The predicted octanol–water partition coefficient (Wildman–Crippen LogP) is 3.14. The van der Waals surface area contributed by atoms with Crippen molar-refractivity contribution in [3.8, 4) is 5.88 Å². The third kappa shape index (κ3) is 5.96. The molecule has 12 heteroatoms. The minimum atomic E-state index is -4.37. The lowest BCUT2D eigenvalue weighted by Gasteiger charge is -2.34. The molecule has 37 heavy (non-hydrogen) atoms. The number of carbonyl (C=O) groups is 1. The summed E-state index contributed by atoms with van der Waals surface area (Å²) in [6.45, 7) is 9.68. The van der Waals surface area contributed by atoms with Gasteiger partial charge in [-0.2, -0.15) is 13.4 Å². The number of amides is 1. The molecule has 4 heterocycles. The summed E-state index contributed by atoms with van der Waals surface area (Å²) in [6.07, 6.45) is 2.23. The van der Waals surface area contributed by atoms with E-state index < -0.39 is 32.3 Å². The summed E-state index contributed by atoms with van der Waals surface area (Å²) >= 11 is 0. The molecule has 202 valence electrons. The van der Waals surface area contributed by atoms with Gasteiger partial charge < -0.3 is 20.1 Å². The first kappa shape index (κ1) is 27.1. The summed E-state index contributed by atoms with van der Waals surface area (Å²) in [7, 11) is -4.37. The Kier molecular flexibility index (Phi) is 7.61. The fourth-order valence-electron chi connectivity index (χ4n) is 5.10. The summed E-state index contributed by atoms with van der Waals surface area (Å²) < 4.78 is 54.4. The minimum Gasteiger partial charge on any atom is -0.472 e. The Morgan fingerprint density at radius 3 is 2.73 bits per heavy atom. The van der Waals surface area contributed by atoms with Gasteiger partial charge in [0.05, 0.1) is 12.2 Å². The zero-order valence-electron chi connectivity index (χ0n) is 21.5. The molecule has 0 aromatic carbocycles. The minimum absolute atomic E-state index is 0.0180. The molecule has 1 amide bonds. The van der Waals surface area contributed by atoms with Crippen LogP contribution < -0.4 is 20.1 Å². The molecule has 2 aliphatic heterocycles. The fraction of sp³-hybridized carbons (Fsp3) is 0.560. The van der Waals surface area contributed by atoms with Crippen molar-refractivity contribution in [1.29, 1.82) is 0 Å². The third-order valence-corrected chi connectivity index (χ3v) is 8.13. The van der Waals surface area contributed by atoms with E-state index in [9.17, 15) is 13.2 Å². The number of hydrogen-bond donors (Lipinski definition) is 2. The number of nitrogen functional groups attached to an aromatic ring is 1. The van der Waals surface area contributed by atoms with E-state index in [4.69, 9.17) is 15.2 Å². The van der Waals surface area contributed by atoms with E-state index >= 15 is 4.39 Å². The van der Waals surface area contributed by atoms with Crippen LogP contribution in [0, 0.1) is 17.7 Å². The van der Waals surface area contributed by atoms with Crippen molar-refractivity contribution in [1.82, 2.24) is 14.7 Å². The van der Waals surface area contributed by atoms with E-state index in [-0.39, 0.29) is 41.0 Å². The highest BCUT2D eigenvalue weighted by atomic mass is 32.2. The fourth-order valence-corrected chi connectivity index (χ4v) is 6.04. The molecular formula is C25H34FN5O5S. The first-order valence-corrected chi connectivity index (χ1v) is 13.9. The molecule has 4 rings (SSSR count). The Labute approximate surface area is 216 Å². The molecule has 2 aromatic heterocycles. The standard InChI is InChI=1S/C25H34FN5O5S/c1-15-12-25(3,4)31(13-15)22-18(23(32)30-37(33,34)21-9-5-8-20(27)28-21)11-19(26)24(29-22)36-16(2)17-7-6-10-35-14-17/h5,8-9,11,15-17H,6-7,10,12-14H2,1-4H3,(H2,27,28)(H,30,32)/t15-,16?,17?/m0/s1. The topological polar surface area (TPSA) is 137 Å². The van der Waals surface area contributed by atoms with Gasteiger partial charge in [0.25, 0.3) is 21.8 Å². The van der Waals surface area contributed by atoms with Gasteiger partial charge in [-0.15, -0.1) is 0 Å². The summed E-state index contributed by atoms with van der Waals surface area (Å²) in [5.41, 5.74) is 4.98. The number of ether oxygens (including phenoxy) is 2. The normalized spacial score (nSPS) is 22.5. The number of sulfonamides is 1. The molecule has 3 atom stereocenters. The Morgan fingerprint density at radius 1 is 1.35 bits per heavy atom. The van der Waals surface area contributed by atoms with E-state index in [0.29, 0.717) is 19.8 Å². The zero-order chi connectivity index (χ0) is 27.0. The van der Waals surface area contributed by atoms with Crippen molar-refractivity contribution in [2.75, 3.05) is 30.4 Å². The Bertz CT molecular complexity index is 1270. The van der Waals surface area contributed by atoms with Crippen molar-refractivity contribution in [3.63, 3.8) is 0 Å². The quantitative estimate of drug-likeness (QED) is 0.548. The van der Waals surface area contributed by atoms with E-state index in [1.807, 2.05) is 30.4 Å². The number of nitrogens with zero attached hydrogens (tertiary/aromatic N) is 3. The van der Waals surface area contributed by atoms with Crippen LogP contribution in [0.2, 0.25) is 0 Å². The zero-order valence-corrected chi connectivity index (χ0v) is 22.3. The lowest BCUT2D eigenvalue weighted by molar-refractivity contribution is 0.00458. The molecule has 0 radical (unpaired) electrons. The van der Waals surface area contributed by atoms with Crippen molar-refractivity contribution in [3.05, 3.63) is 35.6 Å². The maximum Gasteiger partial charge on any atom is 0.281 e. The molecular weight excluding hydrogens is 501 g/mol. The van der Waals surface area contributed by atoms with Crippen LogP contribution in [-0.4, -0.2) is 55.7 Å². The van der Waals surface area contributed by atoms with Gasteiger partial charge in [-0.05, 0) is 64.2 Å². The van der Waals surface area contributed by atoms with Crippen molar-refractivity contribution in [2.45, 2.75) is 63.6 Å². The second-order valence-corrected chi connectivity index (χ2v) is 12.1. The number of nitrogens with two attached hydrogens (primary N) is 1. The second kappa shape index (κ2) is 10.4. The molecule has 2 aromatic rings. The average molecular weight is 536 g/mol. The Balaban J connectivity index is 1.70. The van der Waals surface area contributed by atoms with Crippen LogP contribution in [0.3, 0.4) is 0 Å². The summed E-state index contributed by atoms with van der Waals surface area (Å²) in [5, 5.41) is -0.422. The van der Waals surface area contributed by atoms with E-state index in [1.165, 1.54) is 18.2 Å². The van der Waals surface area contributed by atoms with Gasteiger partial charge in [-0.3, -0.25) is 4.79 Å². The van der Waals surface area contributed by atoms with E-state index in [1.54, 1.807) is 0 Å². The van der Waals surface area contributed by atoms with Crippen molar-refractivity contribution >= 4 is 27.6 Å². The lowest BCUT2D eigenvalue weighted by atomic mass is 9.97. The molecule has 2 saturated heterocycles. The van der Waals surface area contributed by atoms with Crippen LogP contribution in [0.1, 0.15) is 57.3 Å². The molecule has 10 nitrogen and oxygen atoms in total. The maximum atomic E-state index is 15.3. The van der Waals surface area contributed by atoms with Gasteiger partial charge in [0.15, 0.2) is 10.8 Å². The number of pyridine rings is 2. The average Bonchev–Trinajstić information content (AvgIpc) is 3.11. The van der Waals surface area contributed by atoms with Gasteiger partial charge in [0.2, 0.25) is 0 Å². The van der Waals surface area contributed by atoms with Gasteiger partial charge >= 0.3 is 0 Å². The number of rotatable bonds is 7. The largest absolute Gasteiger partial charge is 0.472 e. The molecule has 0 aliphatic carbocycles. The van der Waals surface area contributed by atoms with Gasteiger partial charge in [-0.1, -0.05) is 13.0 Å². The maximum absolute atomic E-state index is 15.3. The van der Waals surface area contributed by atoms with Crippen LogP contribution in [-0.2, 0) is 14.8 Å². The third-order valence-electron chi connectivity index (χ3n) is 6.90. The number of anilines is 2. The molecule has 0 bridgehead atoms. The highest BCUT2D eigenvalue weighted by molar-refractivity contribution is 7.90. The van der Waals surface area contributed by atoms with Crippen LogP contribution >= 0.6 is 0 Å². The summed E-state index contributed by atoms with van der Waals surface area (Å²) in [5.74, 6) is -1.62. The molecule has 0 saturated carbocycles. The molecule has 2 unspecified atom stereocenters. The van der Waals surface area contributed by atoms with Crippen LogP contribution in [0.15, 0.2) is 29.3 Å². The smallest absolute Gasteiger partial charge is 0.281 e. The predicted molar refractivity (Wildman–Crippen MR) is 136 cm³/mol. The van der Waals surface area contributed by atoms with Crippen LogP contribution in [0.4, 0.5) is 16.0 Å². The first-order chi connectivity index (χ1) is 17.4. The van der Waals surface area contributed by atoms with E-state index in [2.05, 4.69) is 16.9 Å². The number of halogens is 1. The second-order valence-electron chi connectivity index (χ2n) is 10.5. The highest BCUT2D eigenvalue weighted by Gasteiger charge is 2.40. The molecule has 0 spiro atoms.